The SMILES string of the molecule is O=C(C1C2C3CCC(C3)C12)N1CCCCC1CCl. The number of piperidine rings is 1. The summed E-state index contributed by atoms with van der Waals surface area (Å²) < 4.78 is 0. The first-order valence-electron chi connectivity index (χ1n) is 7.67. The summed E-state index contributed by atoms with van der Waals surface area (Å²) in [6.07, 6.45) is 7.75. The highest BCUT2D eigenvalue weighted by atomic mass is 35.5. The molecule has 1 aliphatic heterocycles. The van der Waals surface area contributed by atoms with Crippen LogP contribution in [-0.4, -0.2) is 29.3 Å². The van der Waals surface area contributed by atoms with Crippen molar-refractivity contribution in [1.29, 1.82) is 0 Å². The van der Waals surface area contributed by atoms with Gasteiger partial charge in [0, 0.05) is 24.4 Å². The lowest BCUT2D eigenvalue weighted by molar-refractivity contribution is -0.136. The maximum atomic E-state index is 12.7. The molecule has 3 saturated carbocycles. The van der Waals surface area contributed by atoms with E-state index in [1.54, 1.807) is 0 Å². The largest absolute Gasteiger partial charge is 0.338 e. The van der Waals surface area contributed by atoms with Crippen LogP contribution in [0.5, 0.6) is 0 Å². The molecule has 3 heteroatoms. The zero-order valence-corrected chi connectivity index (χ0v) is 11.6. The summed E-state index contributed by atoms with van der Waals surface area (Å²) in [6.45, 7) is 0.960. The van der Waals surface area contributed by atoms with Gasteiger partial charge in [-0.3, -0.25) is 4.79 Å². The van der Waals surface area contributed by atoms with Gasteiger partial charge >= 0.3 is 0 Å². The van der Waals surface area contributed by atoms with Crippen LogP contribution in [0.2, 0.25) is 0 Å². The lowest BCUT2D eigenvalue weighted by atomic mass is 9.98. The molecular formula is C15H22ClNO. The van der Waals surface area contributed by atoms with Crippen molar-refractivity contribution in [2.75, 3.05) is 12.4 Å². The van der Waals surface area contributed by atoms with E-state index in [-0.39, 0.29) is 0 Å². The van der Waals surface area contributed by atoms with Crippen LogP contribution < -0.4 is 0 Å². The highest BCUT2D eigenvalue weighted by Crippen LogP contribution is 2.69. The number of hydrogen-bond acceptors (Lipinski definition) is 1. The van der Waals surface area contributed by atoms with Gasteiger partial charge < -0.3 is 4.90 Å². The molecule has 2 nitrogen and oxygen atoms in total. The summed E-state index contributed by atoms with van der Waals surface area (Å²) in [5.74, 6) is 4.83. The van der Waals surface area contributed by atoms with E-state index in [0.29, 0.717) is 23.7 Å². The van der Waals surface area contributed by atoms with Crippen molar-refractivity contribution in [1.82, 2.24) is 4.90 Å². The van der Waals surface area contributed by atoms with E-state index in [2.05, 4.69) is 4.90 Å². The molecule has 2 bridgehead atoms. The van der Waals surface area contributed by atoms with E-state index in [4.69, 9.17) is 11.6 Å². The first-order valence-corrected chi connectivity index (χ1v) is 8.21. The van der Waals surface area contributed by atoms with Crippen LogP contribution in [0.1, 0.15) is 38.5 Å². The van der Waals surface area contributed by atoms with Crippen LogP contribution in [0.15, 0.2) is 0 Å². The van der Waals surface area contributed by atoms with Gasteiger partial charge in [0.15, 0.2) is 0 Å². The van der Waals surface area contributed by atoms with Crippen molar-refractivity contribution in [3.05, 3.63) is 0 Å². The number of carbonyl (C=O) groups excluding carboxylic acids is 1. The topological polar surface area (TPSA) is 20.3 Å². The van der Waals surface area contributed by atoms with Gasteiger partial charge in [-0.05, 0) is 62.2 Å². The van der Waals surface area contributed by atoms with Gasteiger partial charge in [-0.2, -0.15) is 0 Å². The molecule has 1 saturated heterocycles. The van der Waals surface area contributed by atoms with Crippen molar-refractivity contribution in [2.45, 2.75) is 44.6 Å². The average molecular weight is 268 g/mol. The fourth-order valence-electron chi connectivity index (χ4n) is 5.30. The fourth-order valence-corrected chi connectivity index (χ4v) is 5.62. The van der Waals surface area contributed by atoms with Gasteiger partial charge in [-0.1, -0.05) is 0 Å². The Hall–Kier alpha value is -0.240. The normalized spacial score (nSPS) is 49.3. The minimum Gasteiger partial charge on any atom is -0.338 e. The number of alkyl halides is 1. The monoisotopic (exact) mass is 267 g/mol. The molecule has 3 aliphatic carbocycles. The Kier molecular flexibility index (Phi) is 2.65. The van der Waals surface area contributed by atoms with Gasteiger partial charge in [0.2, 0.25) is 5.91 Å². The first kappa shape index (κ1) is 11.6. The Morgan fingerprint density at radius 1 is 1.11 bits per heavy atom. The number of nitrogens with zero attached hydrogens (tertiary/aromatic N) is 1. The standard InChI is InChI=1S/C15H22ClNO/c16-8-11-3-1-2-6-17(11)15(18)14-12-9-4-5-10(7-9)13(12)14/h9-14H,1-8H2. The van der Waals surface area contributed by atoms with Gasteiger partial charge in [-0.15, -0.1) is 11.6 Å². The molecule has 0 aromatic carbocycles. The summed E-state index contributed by atoms with van der Waals surface area (Å²) in [7, 11) is 0. The van der Waals surface area contributed by atoms with Crippen LogP contribution >= 0.6 is 11.6 Å². The third kappa shape index (κ3) is 1.51. The second-order valence-corrected chi connectivity index (χ2v) is 7.16. The van der Waals surface area contributed by atoms with Crippen molar-refractivity contribution in [3.8, 4) is 0 Å². The van der Waals surface area contributed by atoms with Gasteiger partial charge in [0.1, 0.15) is 0 Å². The maximum absolute atomic E-state index is 12.7. The third-order valence-electron chi connectivity index (χ3n) is 6.11. The van der Waals surface area contributed by atoms with E-state index in [9.17, 15) is 4.79 Å². The Balaban J connectivity index is 1.48. The second kappa shape index (κ2) is 4.13. The molecule has 18 heavy (non-hydrogen) atoms. The lowest BCUT2D eigenvalue weighted by Crippen LogP contribution is -2.46. The van der Waals surface area contributed by atoms with Crippen LogP contribution in [0.4, 0.5) is 0 Å². The van der Waals surface area contributed by atoms with Gasteiger partial charge in [0.05, 0.1) is 0 Å². The molecule has 0 spiro atoms. The molecule has 4 aliphatic rings. The molecule has 1 amide bonds. The number of carbonyl (C=O) groups is 1. The van der Waals surface area contributed by atoms with E-state index in [0.717, 1.165) is 36.6 Å². The van der Waals surface area contributed by atoms with Crippen LogP contribution in [0.3, 0.4) is 0 Å². The summed E-state index contributed by atoms with van der Waals surface area (Å²) in [6, 6.07) is 0.326. The molecule has 4 rings (SSSR count). The van der Waals surface area contributed by atoms with Gasteiger partial charge in [-0.25, -0.2) is 0 Å². The van der Waals surface area contributed by atoms with E-state index in [1.807, 2.05) is 0 Å². The van der Waals surface area contributed by atoms with E-state index in [1.165, 1.54) is 32.1 Å². The quantitative estimate of drug-likeness (QED) is 0.705. The Morgan fingerprint density at radius 3 is 2.50 bits per heavy atom. The molecule has 0 aromatic heterocycles. The second-order valence-electron chi connectivity index (χ2n) is 6.85. The van der Waals surface area contributed by atoms with Crippen LogP contribution in [0.25, 0.3) is 0 Å². The molecule has 0 aromatic rings. The summed E-state index contributed by atoms with van der Waals surface area (Å²) in [4.78, 5) is 14.9. The minimum absolute atomic E-state index is 0.326. The number of likely N-dealkylation sites (tertiary alicyclic amines) is 1. The number of hydrogen-bond donors (Lipinski definition) is 0. The van der Waals surface area contributed by atoms with Crippen molar-refractivity contribution >= 4 is 17.5 Å². The highest BCUT2D eigenvalue weighted by molar-refractivity contribution is 6.18. The summed E-state index contributed by atoms with van der Waals surface area (Å²) in [5, 5.41) is 0. The summed E-state index contributed by atoms with van der Waals surface area (Å²) in [5.41, 5.74) is 0. The minimum atomic E-state index is 0.326. The van der Waals surface area contributed by atoms with E-state index >= 15 is 0 Å². The predicted octanol–water partition coefficient (Wildman–Crippen LogP) is 2.90. The van der Waals surface area contributed by atoms with E-state index < -0.39 is 0 Å². The third-order valence-corrected chi connectivity index (χ3v) is 6.47. The zero-order valence-electron chi connectivity index (χ0n) is 10.9. The predicted molar refractivity (Wildman–Crippen MR) is 71.4 cm³/mol. The van der Waals surface area contributed by atoms with Crippen molar-refractivity contribution in [3.63, 3.8) is 0 Å². The summed E-state index contributed by atoms with van der Waals surface area (Å²) >= 11 is 6.04. The van der Waals surface area contributed by atoms with Crippen LogP contribution in [-0.2, 0) is 4.79 Å². The number of halogens is 1. The molecule has 100 valence electrons. The lowest BCUT2D eigenvalue weighted by Gasteiger charge is -2.35. The van der Waals surface area contributed by atoms with Crippen LogP contribution in [0, 0.1) is 29.6 Å². The fraction of sp³-hybridized carbons (Fsp3) is 0.933. The Bertz CT molecular complexity index is 356. The number of amides is 1. The molecule has 5 atom stereocenters. The number of fused-ring (bicyclic) bond motifs is 5. The maximum Gasteiger partial charge on any atom is 0.226 e. The van der Waals surface area contributed by atoms with Crippen molar-refractivity contribution < 1.29 is 4.79 Å². The van der Waals surface area contributed by atoms with Crippen molar-refractivity contribution in [2.24, 2.45) is 29.6 Å². The molecule has 0 radical (unpaired) electrons. The zero-order chi connectivity index (χ0) is 12.3. The molecule has 0 N–H and O–H groups in total. The highest BCUT2D eigenvalue weighted by Gasteiger charge is 2.68. The number of rotatable bonds is 2. The smallest absolute Gasteiger partial charge is 0.226 e. The molecule has 5 unspecified atom stereocenters. The molecule has 1 heterocycles. The Morgan fingerprint density at radius 2 is 1.83 bits per heavy atom. The molecular weight excluding hydrogens is 246 g/mol. The Labute approximate surface area is 114 Å². The average Bonchev–Trinajstić information content (AvgIpc) is 2.85. The first-order chi connectivity index (χ1) is 8.81. The van der Waals surface area contributed by atoms with Gasteiger partial charge in [0.25, 0.3) is 0 Å². The molecule has 4 fully saturated rings.